The maximum Gasteiger partial charge on any atom is 0.326 e. The van der Waals surface area contributed by atoms with E-state index in [1.54, 1.807) is 6.08 Å². The van der Waals surface area contributed by atoms with Crippen LogP contribution in [0.4, 0.5) is 0 Å². The van der Waals surface area contributed by atoms with E-state index < -0.39 is 12.0 Å². The molecule has 0 fully saturated rings. The third-order valence-electron chi connectivity index (χ3n) is 3.37. The summed E-state index contributed by atoms with van der Waals surface area (Å²) in [6, 6.07) is 8.61. The molecule has 0 aliphatic rings. The van der Waals surface area contributed by atoms with Crippen LogP contribution in [0.2, 0.25) is 0 Å². The summed E-state index contributed by atoms with van der Waals surface area (Å²) in [7, 11) is 0. The van der Waals surface area contributed by atoms with E-state index in [0.717, 1.165) is 12.0 Å². The lowest BCUT2D eigenvalue weighted by molar-refractivity contribution is -0.142. The zero-order valence-corrected chi connectivity index (χ0v) is 12.4. The fourth-order valence-corrected chi connectivity index (χ4v) is 2.24. The molecule has 0 aliphatic heterocycles. The van der Waals surface area contributed by atoms with Gasteiger partial charge in [-0.05, 0) is 24.8 Å². The molecular weight excluding hydrogens is 266 g/mol. The molecular formula is C17H23NO3. The van der Waals surface area contributed by atoms with Crippen LogP contribution in [0.3, 0.4) is 0 Å². The number of carbonyl (C=O) groups excluding carboxylic acids is 1. The van der Waals surface area contributed by atoms with Gasteiger partial charge in [0, 0.05) is 0 Å². The summed E-state index contributed by atoms with van der Waals surface area (Å²) >= 11 is 0. The highest BCUT2D eigenvalue weighted by Gasteiger charge is 2.25. The lowest BCUT2D eigenvalue weighted by Crippen LogP contribution is -2.43. The molecule has 0 aromatic heterocycles. The van der Waals surface area contributed by atoms with Crippen LogP contribution < -0.4 is 5.32 Å². The van der Waals surface area contributed by atoms with Crippen LogP contribution in [0.5, 0.6) is 0 Å². The molecule has 114 valence electrons. The van der Waals surface area contributed by atoms with Crippen molar-refractivity contribution in [3.63, 3.8) is 0 Å². The smallest absolute Gasteiger partial charge is 0.326 e. The second-order valence-corrected chi connectivity index (χ2v) is 5.02. The van der Waals surface area contributed by atoms with Crippen molar-refractivity contribution >= 4 is 11.9 Å². The molecule has 21 heavy (non-hydrogen) atoms. The van der Waals surface area contributed by atoms with Gasteiger partial charge in [-0.1, -0.05) is 49.8 Å². The van der Waals surface area contributed by atoms with Gasteiger partial charge in [-0.2, -0.15) is 0 Å². The van der Waals surface area contributed by atoms with Crippen LogP contribution in [0, 0.1) is 0 Å². The normalized spacial score (nSPS) is 13.2. The van der Waals surface area contributed by atoms with Gasteiger partial charge in [0.05, 0.1) is 5.92 Å². The van der Waals surface area contributed by atoms with Crippen molar-refractivity contribution in [1.29, 1.82) is 0 Å². The Morgan fingerprint density at radius 1 is 1.29 bits per heavy atom. The summed E-state index contributed by atoms with van der Waals surface area (Å²) < 4.78 is 0. The molecule has 2 unspecified atom stereocenters. The van der Waals surface area contributed by atoms with E-state index in [2.05, 4.69) is 11.9 Å². The second kappa shape index (κ2) is 8.95. The lowest BCUT2D eigenvalue weighted by atomic mass is 9.93. The first-order valence-electron chi connectivity index (χ1n) is 7.29. The number of carboxylic acid groups (broad SMARTS) is 1. The fourth-order valence-electron chi connectivity index (χ4n) is 2.24. The van der Waals surface area contributed by atoms with Crippen molar-refractivity contribution < 1.29 is 14.7 Å². The number of carbonyl (C=O) groups is 2. The third kappa shape index (κ3) is 5.42. The van der Waals surface area contributed by atoms with E-state index in [4.69, 9.17) is 0 Å². The highest BCUT2D eigenvalue weighted by molar-refractivity contribution is 5.88. The number of benzene rings is 1. The molecule has 4 nitrogen and oxygen atoms in total. The van der Waals surface area contributed by atoms with E-state index in [9.17, 15) is 14.7 Å². The van der Waals surface area contributed by atoms with Crippen LogP contribution >= 0.6 is 0 Å². The van der Waals surface area contributed by atoms with E-state index in [0.29, 0.717) is 19.3 Å². The second-order valence-electron chi connectivity index (χ2n) is 5.02. The van der Waals surface area contributed by atoms with Crippen LogP contribution in [0.25, 0.3) is 0 Å². The summed E-state index contributed by atoms with van der Waals surface area (Å²) in [4.78, 5) is 23.6. The summed E-state index contributed by atoms with van der Waals surface area (Å²) in [6.45, 7) is 5.59. The molecule has 1 rings (SSSR count). The summed E-state index contributed by atoms with van der Waals surface area (Å²) in [5.74, 6) is -1.53. The molecule has 0 saturated heterocycles. The van der Waals surface area contributed by atoms with E-state index in [1.807, 2.05) is 37.3 Å². The van der Waals surface area contributed by atoms with Crippen molar-refractivity contribution in [3.05, 3.63) is 48.6 Å². The minimum atomic E-state index is -1.01. The minimum Gasteiger partial charge on any atom is -0.480 e. The molecule has 1 amide bonds. The maximum atomic E-state index is 12.4. The van der Waals surface area contributed by atoms with Gasteiger partial charge in [0.25, 0.3) is 0 Å². The van der Waals surface area contributed by atoms with Crippen LogP contribution in [-0.2, 0) is 9.59 Å². The minimum absolute atomic E-state index is 0.223. The van der Waals surface area contributed by atoms with Crippen LogP contribution in [0.15, 0.2) is 43.0 Å². The Morgan fingerprint density at radius 2 is 1.95 bits per heavy atom. The van der Waals surface area contributed by atoms with Gasteiger partial charge in [0.2, 0.25) is 5.91 Å². The van der Waals surface area contributed by atoms with Gasteiger partial charge in [-0.25, -0.2) is 4.79 Å². The van der Waals surface area contributed by atoms with Gasteiger partial charge in [0.1, 0.15) is 6.04 Å². The molecule has 0 spiro atoms. The SMILES string of the molecule is C=CCCC(NC(=O)C(CCC)c1ccccc1)C(=O)O. The molecule has 0 aliphatic carbocycles. The highest BCUT2D eigenvalue weighted by atomic mass is 16.4. The van der Waals surface area contributed by atoms with Gasteiger partial charge in [-0.3, -0.25) is 4.79 Å². The number of carboxylic acids is 1. The molecule has 1 aromatic carbocycles. The Balaban J connectivity index is 2.80. The number of aliphatic carboxylic acids is 1. The Labute approximate surface area is 125 Å². The van der Waals surface area contributed by atoms with Crippen molar-refractivity contribution in [2.75, 3.05) is 0 Å². The summed E-state index contributed by atoms with van der Waals surface area (Å²) in [6.07, 6.45) is 4.13. The topological polar surface area (TPSA) is 66.4 Å². The predicted molar refractivity (Wildman–Crippen MR) is 83.1 cm³/mol. The number of amides is 1. The Kier molecular flexibility index (Phi) is 7.23. The standard InChI is InChI=1S/C17H23NO3/c1-3-5-12-15(17(20)21)18-16(19)14(9-4-2)13-10-7-6-8-11-13/h3,6-8,10-11,14-15H,1,4-5,9,12H2,2H3,(H,18,19)(H,20,21). The number of nitrogens with one attached hydrogen (secondary N) is 1. The van der Waals surface area contributed by atoms with Crippen molar-refractivity contribution in [2.24, 2.45) is 0 Å². The first-order valence-corrected chi connectivity index (χ1v) is 7.29. The fraction of sp³-hybridized carbons (Fsp3) is 0.412. The average molecular weight is 289 g/mol. The van der Waals surface area contributed by atoms with Gasteiger partial charge in [0.15, 0.2) is 0 Å². The first kappa shape index (κ1) is 17.0. The molecule has 4 heteroatoms. The van der Waals surface area contributed by atoms with E-state index in [-0.39, 0.29) is 11.8 Å². The Bertz CT molecular complexity index is 470. The van der Waals surface area contributed by atoms with E-state index >= 15 is 0 Å². The zero-order chi connectivity index (χ0) is 15.7. The van der Waals surface area contributed by atoms with Crippen molar-refractivity contribution in [2.45, 2.75) is 44.6 Å². The molecule has 0 saturated carbocycles. The maximum absolute atomic E-state index is 12.4. The van der Waals surface area contributed by atoms with Crippen molar-refractivity contribution in [1.82, 2.24) is 5.32 Å². The predicted octanol–water partition coefficient (Wildman–Crippen LogP) is 3.11. The lowest BCUT2D eigenvalue weighted by Gasteiger charge is -2.20. The first-order chi connectivity index (χ1) is 10.1. The Morgan fingerprint density at radius 3 is 2.48 bits per heavy atom. The molecule has 0 heterocycles. The summed E-state index contributed by atoms with van der Waals surface area (Å²) in [5, 5.41) is 11.8. The monoisotopic (exact) mass is 289 g/mol. The molecule has 2 atom stereocenters. The van der Waals surface area contributed by atoms with Crippen molar-refractivity contribution in [3.8, 4) is 0 Å². The van der Waals surface area contributed by atoms with Gasteiger partial charge < -0.3 is 10.4 Å². The van der Waals surface area contributed by atoms with Crippen LogP contribution in [-0.4, -0.2) is 23.0 Å². The Hall–Kier alpha value is -2.10. The zero-order valence-electron chi connectivity index (χ0n) is 12.4. The van der Waals surface area contributed by atoms with E-state index in [1.165, 1.54) is 0 Å². The van der Waals surface area contributed by atoms with Gasteiger partial charge in [-0.15, -0.1) is 6.58 Å². The number of hydrogen-bond acceptors (Lipinski definition) is 2. The highest BCUT2D eigenvalue weighted by Crippen LogP contribution is 2.21. The third-order valence-corrected chi connectivity index (χ3v) is 3.37. The van der Waals surface area contributed by atoms with Crippen LogP contribution in [0.1, 0.15) is 44.1 Å². The quantitative estimate of drug-likeness (QED) is 0.686. The molecule has 1 aromatic rings. The van der Waals surface area contributed by atoms with Gasteiger partial charge >= 0.3 is 5.97 Å². The molecule has 0 radical (unpaired) electrons. The number of allylic oxidation sites excluding steroid dienone is 1. The average Bonchev–Trinajstić information content (AvgIpc) is 2.49. The molecule has 2 N–H and O–H groups in total. The number of rotatable bonds is 9. The molecule has 0 bridgehead atoms. The summed E-state index contributed by atoms with van der Waals surface area (Å²) in [5.41, 5.74) is 0.921. The number of hydrogen-bond donors (Lipinski definition) is 2. The largest absolute Gasteiger partial charge is 0.480 e.